The number of ether oxygens (including phenoxy) is 1. The largest absolute Gasteiger partial charge is 0.448 e. The molecule has 0 aliphatic carbocycles. The molecule has 0 radical (unpaired) electrons. The molecule has 0 fully saturated rings. The second kappa shape index (κ2) is 7.79. The van der Waals surface area contributed by atoms with Crippen LogP contribution in [0.3, 0.4) is 0 Å². The van der Waals surface area contributed by atoms with Gasteiger partial charge in [-0.3, -0.25) is 4.90 Å². The first-order chi connectivity index (χ1) is 17.1. The number of rotatable bonds is 1. The zero-order valence-corrected chi connectivity index (χ0v) is 22.0. The van der Waals surface area contributed by atoms with E-state index in [2.05, 4.69) is 108 Å². The van der Waals surface area contributed by atoms with E-state index in [4.69, 9.17) is 14.7 Å². The Morgan fingerprint density at radius 3 is 2.00 bits per heavy atom. The normalized spacial score (nSPS) is 13.0. The van der Waals surface area contributed by atoms with Crippen LogP contribution in [0.4, 0.5) is 17.3 Å². The second-order valence-corrected chi connectivity index (χ2v) is 11.0. The van der Waals surface area contributed by atoms with Gasteiger partial charge in [0.15, 0.2) is 23.1 Å². The van der Waals surface area contributed by atoms with Crippen LogP contribution in [0.5, 0.6) is 11.5 Å². The highest BCUT2D eigenvalue weighted by Crippen LogP contribution is 2.54. The van der Waals surface area contributed by atoms with Crippen molar-refractivity contribution in [3.8, 4) is 11.5 Å². The van der Waals surface area contributed by atoms with Gasteiger partial charge in [0.25, 0.3) is 0 Å². The Bertz CT molecular complexity index is 1650. The summed E-state index contributed by atoms with van der Waals surface area (Å²) in [6.07, 6.45) is 1.97. The molecular formula is C32H31N3O. The molecule has 180 valence electrons. The number of aryl methyl sites for hydroxylation is 4. The summed E-state index contributed by atoms with van der Waals surface area (Å²) in [4.78, 5) is 12.3. The Kier molecular flexibility index (Phi) is 4.88. The van der Waals surface area contributed by atoms with E-state index in [9.17, 15) is 0 Å². The third-order valence-corrected chi connectivity index (χ3v) is 7.33. The lowest BCUT2D eigenvalue weighted by Crippen LogP contribution is -2.22. The van der Waals surface area contributed by atoms with Crippen LogP contribution in [0, 0.1) is 27.7 Å². The predicted molar refractivity (Wildman–Crippen MR) is 149 cm³/mol. The molecule has 4 nitrogen and oxygen atoms in total. The van der Waals surface area contributed by atoms with Gasteiger partial charge < -0.3 is 4.74 Å². The van der Waals surface area contributed by atoms with Crippen molar-refractivity contribution in [2.24, 2.45) is 0 Å². The predicted octanol–water partition coefficient (Wildman–Crippen LogP) is 8.89. The molecule has 0 bridgehead atoms. The van der Waals surface area contributed by atoms with E-state index in [0.29, 0.717) is 0 Å². The van der Waals surface area contributed by atoms with Gasteiger partial charge in [0.05, 0.1) is 5.69 Å². The monoisotopic (exact) mass is 473 g/mol. The summed E-state index contributed by atoms with van der Waals surface area (Å²) in [5.74, 6) is 3.11. The maximum absolute atomic E-state index is 6.76. The number of aromatic nitrogens is 2. The Hall–Kier alpha value is -3.92. The highest BCUT2D eigenvalue weighted by molar-refractivity contribution is 6.03. The molecule has 6 rings (SSSR count). The Morgan fingerprint density at radius 2 is 1.31 bits per heavy atom. The summed E-state index contributed by atoms with van der Waals surface area (Å²) in [7, 11) is 0. The van der Waals surface area contributed by atoms with E-state index in [-0.39, 0.29) is 5.41 Å². The summed E-state index contributed by atoms with van der Waals surface area (Å²) < 4.78 is 6.76. The Labute approximate surface area is 212 Å². The molecule has 1 aliphatic rings. The fraction of sp³-hybridized carbons (Fsp3) is 0.250. The smallest absolute Gasteiger partial charge is 0.183 e. The van der Waals surface area contributed by atoms with Crippen molar-refractivity contribution in [1.82, 2.24) is 9.97 Å². The number of nitrogens with zero attached hydrogens (tertiary/aromatic N) is 3. The molecule has 0 atom stereocenters. The van der Waals surface area contributed by atoms with Crippen molar-refractivity contribution in [3.63, 3.8) is 0 Å². The van der Waals surface area contributed by atoms with Crippen molar-refractivity contribution in [1.29, 1.82) is 0 Å². The van der Waals surface area contributed by atoms with Crippen molar-refractivity contribution in [2.45, 2.75) is 53.9 Å². The third kappa shape index (κ3) is 3.28. The quantitative estimate of drug-likeness (QED) is 0.239. The third-order valence-electron chi connectivity index (χ3n) is 7.33. The maximum atomic E-state index is 6.76. The van der Waals surface area contributed by atoms with E-state index >= 15 is 0 Å². The summed E-state index contributed by atoms with van der Waals surface area (Å²) in [6.45, 7) is 15.3. The molecular weight excluding hydrogens is 442 g/mol. The van der Waals surface area contributed by atoms with Gasteiger partial charge in [-0.25, -0.2) is 9.97 Å². The van der Waals surface area contributed by atoms with Gasteiger partial charge in [-0.15, -0.1) is 0 Å². The minimum atomic E-state index is 0.0614. The number of benzene rings is 3. The zero-order chi connectivity index (χ0) is 25.4. The number of hydrogen-bond donors (Lipinski definition) is 0. The maximum Gasteiger partial charge on any atom is 0.183 e. The van der Waals surface area contributed by atoms with Crippen LogP contribution in [-0.2, 0) is 5.41 Å². The first-order valence-electron chi connectivity index (χ1n) is 12.5. The lowest BCUT2D eigenvalue weighted by Gasteiger charge is -2.35. The van der Waals surface area contributed by atoms with Crippen LogP contribution in [0.25, 0.3) is 21.5 Å². The molecule has 0 spiro atoms. The standard InChI is InChI=1S/C32H31N3O/c1-18-11-10-14-25-26(18)17-33-30-28(25)36-29-24-13-9-8-12-23(24)21(4)34-31(29)35(30)27-19(2)15-22(16-20(27)3)32(5,6)7/h8-17H,1-7H3. The molecule has 2 aromatic heterocycles. The number of hydrogen-bond acceptors (Lipinski definition) is 4. The average Bonchev–Trinajstić information content (AvgIpc) is 2.83. The van der Waals surface area contributed by atoms with Gasteiger partial charge in [0, 0.05) is 33.4 Å². The van der Waals surface area contributed by atoms with E-state index in [1.165, 1.54) is 22.3 Å². The van der Waals surface area contributed by atoms with Crippen molar-refractivity contribution < 1.29 is 4.74 Å². The van der Waals surface area contributed by atoms with E-state index in [1.54, 1.807) is 0 Å². The minimum Gasteiger partial charge on any atom is -0.448 e. The fourth-order valence-corrected chi connectivity index (χ4v) is 5.41. The number of anilines is 3. The van der Waals surface area contributed by atoms with Gasteiger partial charge in [-0.1, -0.05) is 75.4 Å². The van der Waals surface area contributed by atoms with Crippen LogP contribution >= 0.6 is 0 Å². The van der Waals surface area contributed by atoms with Crippen molar-refractivity contribution >= 4 is 38.9 Å². The van der Waals surface area contributed by atoms with Crippen LogP contribution in [0.15, 0.2) is 60.8 Å². The van der Waals surface area contributed by atoms with Crippen LogP contribution in [-0.4, -0.2) is 9.97 Å². The SMILES string of the molecule is Cc1cc(C(C)(C)C)cc(C)c1N1c2ncc3c(C)cccc3c2Oc2c1nc(C)c1ccccc21. The van der Waals surface area contributed by atoms with E-state index < -0.39 is 0 Å². The molecule has 1 aliphatic heterocycles. The number of fused-ring (bicyclic) bond motifs is 6. The van der Waals surface area contributed by atoms with Gasteiger partial charge >= 0.3 is 0 Å². The van der Waals surface area contributed by atoms with Crippen LogP contribution < -0.4 is 9.64 Å². The first-order valence-corrected chi connectivity index (χ1v) is 12.5. The van der Waals surface area contributed by atoms with Crippen molar-refractivity contribution in [2.75, 3.05) is 4.90 Å². The minimum absolute atomic E-state index is 0.0614. The van der Waals surface area contributed by atoms with Gasteiger partial charge in [-0.05, 0) is 55.4 Å². The Balaban J connectivity index is 1.73. The molecule has 0 unspecified atom stereocenters. The van der Waals surface area contributed by atoms with Crippen molar-refractivity contribution in [3.05, 3.63) is 88.7 Å². The van der Waals surface area contributed by atoms with Gasteiger partial charge in [0.1, 0.15) is 0 Å². The molecule has 4 heteroatoms. The highest BCUT2D eigenvalue weighted by atomic mass is 16.5. The van der Waals surface area contributed by atoms with Crippen LogP contribution in [0.1, 0.15) is 48.7 Å². The molecule has 0 saturated heterocycles. The van der Waals surface area contributed by atoms with Crippen LogP contribution in [0.2, 0.25) is 0 Å². The fourth-order valence-electron chi connectivity index (χ4n) is 5.41. The lowest BCUT2D eigenvalue weighted by atomic mass is 9.84. The molecule has 0 amide bonds. The summed E-state index contributed by atoms with van der Waals surface area (Å²) in [6, 6.07) is 19.3. The first kappa shape index (κ1) is 22.5. The molecule has 36 heavy (non-hydrogen) atoms. The van der Waals surface area contributed by atoms with Gasteiger partial charge in [-0.2, -0.15) is 0 Å². The topological polar surface area (TPSA) is 38.2 Å². The lowest BCUT2D eigenvalue weighted by molar-refractivity contribution is 0.482. The molecule has 0 N–H and O–H groups in total. The highest BCUT2D eigenvalue weighted by Gasteiger charge is 2.34. The summed E-state index contributed by atoms with van der Waals surface area (Å²) in [5, 5.41) is 4.31. The summed E-state index contributed by atoms with van der Waals surface area (Å²) >= 11 is 0. The second-order valence-electron chi connectivity index (χ2n) is 11.0. The molecule has 3 aromatic carbocycles. The summed E-state index contributed by atoms with van der Waals surface area (Å²) in [5.41, 5.74) is 7.02. The Morgan fingerprint density at radius 1 is 0.694 bits per heavy atom. The molecule has 0 saturated carbocycles. The average molecular weight is 474 g/mol. The van der Waals surface area contributed by atoms with E-state index in [0.717, 1.165) is 56.1 Å². The zero-order valence-electron chi connectivity index (χ0n) is 22.0. The molecule has 5 aromatic rings. The van der Waals surface area contributed by atoms with E-state index in [1.807, 2.05) is 6.20 Å². The molecule has 3 heterocycles. The number of pyridine rings is 2. The van der Waals surface area contributed by atoms with Gasteiger partial charge in [0.2, 0.25) is 0 Å².